The molecular weight excluding hydrogens is 236 g/mol. The van der Waals surface area contributed by atoms with Crippen molar-refractivity contribution in [2.24, 2.45) is 0 Å². The van der Waals surface area contributed by atoms with Crippen molar-refractivity contribution in [1.29, 1.82) is 0 Å². The van der Waals surface area contributed by atoms with Crippen LogP contribution in [0.5, 0.6) is 5.75 Å². The summed E-state index contributed by atoms with van der Waals surface area (Å²) in [5.74, 6) is 0.418. The minimum atomic E-state index is -3.45. The molecule has 1 aromatic carbocycles. The van der Waals surface area contributed by atoms with Gasteiger partial charge >= 0.3 is 10.1 Å². The van der Waals surface area contributed by atoms with E-state index in [0.29, 0.717) is 5.75 Å². The summed E-state index contributed by atoms with van der Waals surface area (Å²) in [5, 5.41) is -0.322. The third kappa shape index (κ3) is 3.22. The number of benzene rings is 1. The third-order valence-electron chi connectivity index (χ3n) is 3.19. The molecule has 0 heterocycles. The molecule has 0 atom stereocenters. The molecule has 1 aromatic rings. The molecule has 0 spiro atoms. The Kier molecular flexibility index (Phi) is 3.72. The van der Waals surface area contributed by atoms with E-state index in [-0.39, 0.29) is 5.25 Å². The Morgan fingerprint density at radius 1 is 1.06 bits per heavy atom. The number of aryl methyl sites for hydroxylation is 1. The zero-order valence-corrected chi connectivity index (χ0v) is 10.9. The highest BCUT2D eigenvalue weighted by atomic mass is 32.2. The molecule has 4 heteroatoms. The van der Waals surface area contributed by atoms with Gasteiger partial charge in [-0.15, -0.1) is 0 Å². The van der Waals surface area contributed by atoms with Crippen LogP contribution in [-0.2, 0) is 10.1 Å². The van der Waals surface area contributed by atoms with Crippen molar-refractivity contribution in [3.8, 4) is 5.75 Å². The van der Waals surface area contributed by atoms with Gasteiger partial charge in [-0.3, -0.25) is 0 Å². The van der Waals surface area contributed by atoms with Crippen LogP contribution in [-0.4, -0.2) is 13.7 Å². The molecule has 0 radical (unpaired) electrons. The molecule has 3 nitrogen and oxygen atoms in total. The van der Waals surface area contributed by atoms with Crippen LogP contribution in [0.4, 0.5) is 0 Å². The van der Waals surface area contributed by atoms with Gasteiger partial charge in [-0.1, -0.05) is 37.0 Å². The summed E-state index contributed by atoms with van der Waals surface area (Å²) < 4.78 is 29.2. The molecule has 2 rings (SSSR count). The van der Waals surface area contributed by atoms with Crippen molar-refractivity contribution in [2.45, 2.75) is 44.3 Å². The van der Waals surface area contributed by atoms with E-state index in [1.54, 1.807) is 12.1 Å². The van der Waals surface area contributed by atoms with Gasteiger partial charge in [-0.2, -0.15) is 8.42 Å². The lowest BCUT2D eigenvalue weighted by atomic mass is 10.0. The van der Waals surface area contributed by atoms with Gasteiger partial charge < -0.3 is 4.18 Å². The predicted molar refractivity (Wildman–Crippen MR) is 67.6 cm³/mol. The summed E-state index contributed by atoms with van der Waals surface area (Å²) in [6.45, 7) is 1.96. The fourth-order valence-electron chi connectivity index (χ4n) is 2.15. The zero-order chi connectivity index (χ0) is 12.3. The van der Waals surface area contributed by atoms with Crippen molar-refractivity contribution in [2.75, 3.05) is 0 Å². The van der Waals surface area contributed by atoms with Crippen LogP contribution in [0.1, 0.15) is 37.7 Å². The third-order valence-corrected chi connectivity index (χ3v) is 4.91. The lowest BCUT2D eigenvalue weighted by molar-refractivity contribution is 0.429. The normalized spacial score (nSPS) is 17.9. The Morgan fingerprint density at radius 2 is 1.65 bits per heavy atom. The van der Waals surface area contributed by atoms with Crippen LogP contribution in [0, 0.1) is 6.92 Å². The van der Waals surface area contributed by atoms with Crippen LogP contribution in [0.25, 0.3) is 0 Å². The molecule has 1 saturated carbocycles. The van der Waals surface area contributed by atoms with Crippen molar-refractivity contribution in [3.05, 3.63) is 29.8 Å². The highest BCUT2D eigenvalue weighted by Gasteiger charge is 2.28. The van der Waals surface area contributed by atoms with Gasteiger partial charge in [0.15, 0.2) is 0 Å². The van der Waals surface area contributed by atoms with E-state index in [2.05, 4.69) is 0 Å². The van der Waals surface area contributed by atoms with Crippen molar-refractivity contribution in [1.82, 2.24) is 0 Å². The van der Waals surface area contributed by atoms with E-state index >= 15 is 0 Å². The molecule has 0 amide bonds. The molecule has 1 fully saturated rings. The van der Waals surface area contributed by atoms with Crippen LogP contribution in [0.3, 0.4) is 0 Å². The second kappa shape index (κ2) is 5.08. The van der Waals surface area contributed by atoms with E-state index in [1.165, 1.54) is 0 Å². The maximum Gasteiger partial charge on any atom is 0.312 e. The van der Waals surface area contributed by atoms with E-state index in [4.69, 9.17) is 4.18 Å². The molecule has 1 aliphatic rings. The molecule has 0 bridgehead atoms. The average molecular weight is 254 g/mol. The average Bonchev–Trinajstić information content (AvgIpc) is 2.33. The molecule has 0 aliphatic heterocycles. The van der Waals surface area contributed by atoms with Gasteiger partial charge in [-0.25, -0.2) is 0 Å². The van der Waals surface area contributed by atoms with Crippen molar-refractivity contribution < 1.29 is 12.6 Å². The maximum absolute atomic E-state index is 12.0. The molecule has 17 heavy (non-hydrogen) atoms. The smallest absolute Gasteiger partial charge is 0.312 e. The van der Waals surface area contributed by atoms with E-state index in [1.807, 2.05) is 19.1 Å². The molecular formula is C13H18O3S. The van der Waals surface area contributed by atoms with E-state index in [0.717, 1.165) is 37.7 Å². The first-order valence-corrected chi connectivity index (χ1v) is 7.55. The van der Waals surface area contributed by atoms with Gasteiger partial charge in [0, 0.05) is 0 Å². The molecule has 0 unspecified atom stereocenters. The summed E-state index contributed by atoms with van der Waals surface area (Å²) in [6.07, 6.45) is 4.57. The summed E-state index contributed by atoms with van der Waals surface area (Å²) in [6, 6.07) is 7.11. The molecule has 94 valence electrons. The lowest BCUT2D eigenvalue weighted by Crippen LogP contribution is -2.28. The van der Waals surface area contributed by atoms with Crippen LogP contribution >= 0.6 is 0 Å². The predicted octanol–water partition coefficient (Wildman–Crippen LogP) is 3.04. The summed E-state index contributed by atoms with van der Waals surface area (Å²) in [7, 11) is -3.45. The first kappa shape index (κ1) is 12.4. The van der Waals surface area contributed by atoms with E-state index in [9.17, 15) is 8.42 Å². The first-order chi connectivity index (χ1) is 8.08. The molecule has 0 aromatic heterocycles. The Bertz CT molecular complexity index is 456. The topological polar surface area (TPSA) is 43.4 Å². The second-order valence-electron chi connectivity index (χ2n) is 4.65. The van der Waals surface area contributed by atoms with Crippen molar-refractivity contribution >= 4 is 10.1 Å². The maximum atomic E-state index is 12.0. The van der Waals surface area contributed by atoms with E-state index < -0.39 is 10.1 Å². The van der Waals surface area contributed by atoms with Crippen LogP contribution in [0.15, 0.2) is 24.3 Å². The minimum Gasteiger partial charge on any atom is -0.382 e. The summed E-state index contributed by atoms with van der Waals surface area (Å²) in [5.41, 5.74) is 1.09. The molecule has 0 N–H and O–H groups in total. The van der Waals surface area contributed by atoms with Crippen molar-refractivity contribution in [3.63, 3.8) is 0 Å². The number of rotatable bonds is 3. The first-order valence-electron chi connectivity index (χ1n) is 6.08. The van der Waals surface area contributed by atoms with Gasteiger partial charge in [-0.05, 0) is 31.9 Å². The Labute approximate surface area is 103 Å². The fraction of sp³-hybridized carbons (Fsp3) is 0.538. The largest absolute Gasteiger partial charge is 0.382 e. The highest BCUT2D eigenvalue weighted by molar-refractivity contribution is 7.87. The molecule has 0 saturated heterocycles. The lowest BCUT2D eigenvalue weighted by Gasteiger charge is -2.21. The standard InChI is InChI=1S/C13H18O3S/c1-11-7-9-12(10-8-11)16-17(14,15)13-5-3-2-4-6-13/h7-10,13H,2-6H2,1H3. The Balaban J connectivity index is 2.08. The Hall–Kier alpha value is -1.03. The van der Waals surface area contributed by atoms with Crippen LogP contribution < -0.4 is 4.18 Å². The van der Waals surface area contributed by atoms with Gasteiger partial charge in [0.05, 0.1) is 5.25 Å². The Morgan fingerprint density at radius 3 is 2.24 bits per heavy atom. The SMILES string of the molecule is Cc1ccc(OS(=O)(=O)C2CCCCC2)cc1. The van der Waals surface area contributed by atoms with Gasteiger partial charge in [0.2, 0.25) is 0 Å². The fourth-order valence-corrected chi connectivity index (χ4v) is 3.58. The second-order valence-corrected chi connectivity index (χ2v) is 6.47. The molecule has 1 aliphatic carbocycles. The monoisotopic (exact) mass is 254 g/mol. The van der Waals surface area contributed by atoms with Gasteiger partial charge in [0.1, 0.15) is 5.75 Å². The quantitative estimate of drug-likeness (QED) is 0.779. The zero-order valence-electron chi connectivity index (χ0n) is 10.1. The summed E-state index contributed by atoms with van der Waals surface area (Å²) >= 11 is 0. The number of hydrogen-bond donors (Lipinski definition) is 0. The highest BCUT2D eigenvalue weighted by Crippen LogP contribution is 2.26. The van der Waals surface area contributed by atoms with Gasteiger partial charge in [0.25, 0.3) is 0 Å². The number of hydrogen-bond acceptors (Lipinski definition) is 3. The minimum absolute atomic E-state index is 0.322. The van der Waals surface area contributed by atoms with Crippen LogP contribution in [0.2, 0.25) is 0 Å². The summed E-state index contributed by atoms with van der Waals surface area (Å²) in [4.78, 5) is 0.